The van der Waals surface area contributed by atoms with E-state index in [1.54, 1.807) is 11.8 Å². The molecule has 1 aromatic heterocycles. The molecule has 2 N–H and O–H groups in total. The molecule has 1 heterocycles. The van der Waals surface area contributed by atoms with Gasteiger partial charge in [-0.3, -0.25) is 4.79 Å². The summed E-state index contributed by atoms with van der Waals surface area (Å²) >= 11 is 3.15. The van der Waals surface area contributed by atoms with Crippen molar-refractivity contribution in [2.24, 2.45) is 0 Å². The van der Waals surface area contributed by atoms with Crippen LogP contribution in [0.25, 0.3) is 0 Å². The van der Waals surface area contributed by atoms with Crippen molar-refractivity contribution in [3.05, 3.63) is 16.3 Å². The number of hydrogen-bond donors (Lipinski definition) is 2. The summed E-state index contributed by atoms with van der Waals surface area (Å²) in [7, 11) is 0. The summed E-state index contributed by atoms with van der Waals surface area (Å²) in [6.07, 6.45) is 10.0. The van der Waals surface area contributed by atoms with Gasteiger partial charge in [0.05, 0.1) is 0 Å². The second-order valence-electron chi connectivity index (χ2n) is 5.22. The summed E-state index contributed by atoms with van der Waals surface area (Å²) in [5, 5.41) is 8.56. The predicted molar refractivity (Wildman–Crippen MR) is 95.2 cm³/mol. The quantitative estimate of drug-likeness (QED) is 0.465. The molecule has 3 nitrogen and oxygen atoms in total. The third kappa shape index (κ3) is 6.19. The summed E-state index contributed by atoms with van der Waals surface area (Å²) in [6, 6.07) is 2.66. The van der Waals surface area contributed by atoms with E-state index in [1.165, 1.54) is 49.9 Å². The SMILES string of the molecule is CSc1ccsc1C(=O)NCCNC1CCCCCC1.Cl. The number of nitrogens with one attached hydrogen (secondary N) is 2. The molecule has 0 spiro atoms. The van der Waals surface area contributed by atoms with E-state index in [4.69, 9.17) is 0 Å². The Labute approximate surface area is 142 Å². The van der Waals surface area contributed by atoms with Crippen LogP contribution in [0.3, 0.4) is 0 Å². The van der Waals surface area contributed by atoms with Crippen LogP contribution >= 0.6 is 35.5 Å². The van der Waals surface area contributed by atoms with Crippen LogP contribution in [0.1, 0.15) is 48.2 Å². The van der Waals surface area contributed by atoms with Gasteiger partial charge in [-0.2, -0.15) is 0 Å². The first-order chi connectivity index (χ1) is 9.81. The molecule has 0 saturated heterocycles. The molecule has 0 atom stereocenters. The molecule has 120 valence electrons. The van der Waals surface area contributed by atoms with E-state index >= 15 is 0 Å². The summed E-state index contributed by atoms with van der Waals surface area (Å²) in [6.45, 7) is 1.58. The zero-order chi connectivity index (χ0) is 14.2. The number of carbonyl (C=O) groups is 1. The Balaban J connectivity index is 0.00000220. The lowest BCUT2D eigenvalue weighted by molar-refractivity contribution is 0.0955. The number of hydrogen-bond acceptors (Lipinski definition) is 4. The molecule has 1 saturated carbocycles. The smallest absolute Gasteiger partial charge is 0.262 e. The lowest BCUT2D eigenvalue weighted by atomic mass is 10.1. The van der Waals surface area contributed by atoms with Crippen LogP contribution in [0, 0.1) is 0 Å². The molecule has 0 radical (unpaired) electrons. The minimum atomic E-state index is 0. The largest absolute Gasteiger partial charge is 0.350 e. The highest BCUT2D eigenvalue weighted by atomic mass is 35.5. The van der Waals surface area contributed by atoms with Gasteiger partial charge in [0, 0.05) is 24.0 Å². The normalized spacial score (nSPS) is 16.0. The standard InChI is InChI=1S/C15H24N2OS2.ClH/c1-19-13-8-11-20-14(13)15(18)17-10-9-16-12-6-4-2-3-5-7-12;/h8,11-12,16H,2-7,9-10H2,1H3,(H,17,18);1H. The first-order valence-corrected chi connectivity index (χ1v) is 9.55. The third-order valence-corrected chi connectivity index (χ3v) is 5.58. The summed E-state index contributed by atoms with van der Waals surface area (Å²) < 4.78 is 0. The van der Waals surface area contributed by atoms with E-state index in [2.05, 4.69) is 10.6 Å². The average Bonchev–Trinajstić information content (AvgIpc) is 2.80. The summed E-state index contributed by atoms with van der Waals surface area (Å²) in [4.78, 5) is 14.0. The van der Waals surface area contributed by atoms with Crippen LogP contribution in [0.5, 0.6) is 0 Å². The first-order valence-electron chi connectivity index (χ1n) is 7.44. The molecule has 0 aromatic carbocycles. The minimum Gasteiger partial charge on any atom is -0.350 e. The van der Waals surface area contributed by atoms with Crippen LogP contribution in [0.4, 0.5) is 0 Å². The Morgan fingerprint density at radius 3 is 2.67 bits per heavy atom. The van der Waals surface area contributed by atoms with E-state index in [0.29, 0.717) is 12.6 Å². The molecule has 1 amide bonds. The monoisotopic (exact) mass is 348 g/mol. The maximum atomic E-state index is 12.0. The molecule has 0 bridgehead atoms. The number of halogens is 1. The summed E-state index contributed by atoms with van der Waals surface area (Å²) in [5.74, 6) is 0.0621. The van der Waals surface area contributed by atoms with Crippen molar-refractivity contribution in [3.8, 4) is 0 Å². The molecule has 1 aromatic rings. The Morgan fingerprint density at radius 1 is 1.29 bits per heavy atom. The fourth-order valence-electron chi connectivity index (χ4n) is 2.64. The molecule has 21 heavy (non-hydrogen) atoms. The van der Waals surface area contributed by atoms with Gasteiger partial charge in [0.25, 0.3) is 5.91 Å². The van der Waals surface area contributed by atoms with Crippen LogP contribution in [0.2, 0.25) is 0 Å². The fourth-order valence-corrected chi connectivity index (χ4v) is 4.31. The van der Waals surface area contributed by atoms with Crippen molar-refractivity contribution in [2.75, 3.05) is 19.3 Å². The second kappa shape index (κ2) is 10.5. The van der Waals surface area contributed by atoms with E-state index < -0.39 is 0 Å². The Bertz CT molecular complexity index is 418. The van der Waals surface area contributed by atoms with E-state index in [9.17, 15) is 4.79 Å². The van der Waals surface area contributed by atoms with Crippen LogP contribution in [-0.2, 0) is 0 Å². The zero-order valence-electron chi connectivity index (χ0n) is 12.5. The predicted octanol–water partition coefficient (Wildman–Crippen LogP) is 3.93. The maximum Gasteiger partial charge on any atom is 0.262 e. The van der Waals surface area contributed by atoms with Crippen molar-refractivity contribution in [1.82, 2.24) is 10.6 Å². The lowest BCUT2D eigenvalue weighted by Gasteiger charge is -2.16. The van der Waals surface area contributed by atoms with E-state index in [1.807, 2.05) is 17.7 Å². The van der Waals surface area contributed by atoms with Gasteiger partial charge in [-0.05, 0) is 30.5 Å². The fraction of sp³-hybridized carbons (Fsp3) is 0.667. The first kappa shape index (κ1) is 18.8. The van der Waals surface area contributed by atoms with Gasteiger partial charge in [0.15, 0.2) is 0 Å². The highest BCUT2D eigenvalue weighted by molar-refractivity contribution is 7.98. The van der Waals surface area contributed by atoms with Crippen LogP contribution in [-0.4, -0.2) is 31.3 Å². The van der Waals surface area contributed by atoms with Gasteiger partial charge in [-0.15, -0.1) is 35.5 Å². The van der Waals surface area contributed by atoms with Crippen molar-refractivity contribution in [2.45, 2.75) is 49.5 Å². The molecule has 2 rings (SSSR count). The van der Waals surface area contributed by atoms with Gasteiger partial charge >= 0.3 is 0 Å². The Hall–Kier alpha value is -0.230. The van der Waals surface area contributed by atoms with Gasteiger partial charge in [-0.25, -0.2) is 0 Å². The minimum absolute atomic E-state index is 0. The molecule has 0 unspecified atom stereocenters. The van der Waals surface area contributed by atoms with Crippen molar-refractivity contribution >= 4 is 41.4 Å². The molecule has 1 fully saturated rings. The number of carbonyl (C=O) groups excluding carboxylic acids is 1. The summed E-state index contributed by atoms with van der Waals surface area (Å²) in [5.41, 5.74) is 0. The Kier molecular flexibility index (Phi) is 9.40. The van der Waals surface area contributed by atoms with Crippen molar-refractivity contribution in [1.29, 1.82) is 0 Å². The number of thiophene rings is 1. The number of thioether (sulfide) groups is 1. The lowest BCUT2D eigenvalue weighted by Crippen LogP contribution is -2.36. The van der Waals surface area contributed by atoms with Gasteiger partial charge < -0.3 is 10.6 Å². The topological polar surface area (TPSA) is 41.1 Å². The molecule has 1 aliphatic carbocycles. The third-order valence-electron chi connectivity index (χ3n) is 3.75. The highest BCUT2D eigenvalue weighted by Gasteiger charge is 2.13. The molecule has 6 heteroatoms. The molecular weight excluding hydrogens is 324 g/mol. The maximum absolute atomic E-state index is 12.0. The highest BCUT2D eigenvalue weighted by Crippen LogP contribution is 2.25. The van der Waals surface area contributed by atoms with Gasteiger partial charge in [0.1, 0.15) is 4.88 Å². The second-order valence-corrected chi connectivity index (χ2v) is 6.98. The van der Waals surface area contributed by atoms with Crippen LogP contribution in [0.15, 0.2) is 16.3 Å². The Morgan fingerprint density at radius 2 is 2.00 bits per heavy atom. The average molecular weight is 349 g/mol. The molecular formula is C15H25ClN2OS2. The molecule has 1 aliphatic rings. The van der Waals surface area contributed by atoms with Gasteiger partial charge in [0.2, 0.25) is 0 Å². The van der Waals surface area contributed by atoms with E-state index in [-0.39, 0.29) is 18.3 Å². The van der Waals surface area contributed by atoms with Crippen molar-refractivity contribution < 1.29 is 4.79 Å². The molecule has 0 aliphatic heterocycles. The van der Waals surface area contributed by atoms with Gasteiger partial charge in [-0.1, -0.05) is 25.7 Å². The van der Waals surface area contributed by atoms with Crippen LogP contribution < -0.4 is 10.6 Å². The zero-order valence-corrected chi connectivity index (χ0v) is 15.0. The van der Waals surface area contributed by atoms with Crippen molar-refractivity contribution in [3.63, 3.8) is 0 Å². The van der Waals surface area contributed by atoms with E-state index in [0.717, 1.165) is 16.3 Å². The number of rotatable bonds is 6. The number of amides is 1.